The normalized spacial score (nSPS) is 12.1. The third-order valence-corrected chi connectivity index (χ3v) is 8.43. The molecule has 5 rings (SSSR count). The highest BCUT2D eigenvalue weighted by Crippen LogP contribution is 2.40. The first-order valence-corrected chi connectivity index (χ1v) is 15.1. The number of benzene rings is 4. The highest BCUT2D eigenvalue weighted by molar-refractivity contribution is 7.89. The Hall–Kier alpha value is -3.97. The molecule has 0 aliphatic heterocycles. The van der Waals surface area contributed by atoms with E-state index in [1.165, 1.54) is 0 Å². The molecule has 40 heavy (non-hydrogen) atoms. The minimum Gasteiger partial charge on any atom is -0.318 e. The molecule has 0 aliphatic carbocycles. The van der Waals surface area contributed by atoms with Gasteiger partial charge in [0.15, 0.2) is 0 Å². The fourth-order valence-corrected chi connectivity index (χ4v) is 5.99. The Labute approximate surface area is 240 Å². The monoisotopic (exact) mass is 567 g/mol. The van der Waals surface area contributed by atoms with Crippen LogP contribution in [0.1, 0.15) is 34.4 Å². The number of halogens is 1. The number of sulfonamides is 1. The van der Waals surface area contributed by atoms with Crippen LogP contribution in [0.25, 0.3) is 6.08 Å². The lowest BCUT2D eigenvalue weighted by Gasteiger charge is -2.37. The number of rotatable bonds is 11. The highest BCUT2D eigenvalue weighted by Gasteiger charge is 2.38. The molecular weight excluding hydrogens is 538 g/mol. The van der Waals surface area contributed by atoms with Gasteiger partial charge in [0.25, 0.3) is 0 Å². The number of hydrogen-bond donors (Lipinski definition) is 1. The summed E-state index contributed by atoms with van der Waals surface area (Å²) in [5, 5.41) is 0.618. The molecule has 0 aliphatic rings. The van der Waals surface area contributed by atoms with E-state index in [0.29, 0.717) is 11.4 Å². The van der Waals surface area contributed by atoms with Gasteiger partial charge in [0.05, 0.1) is 17.8 Å². The van der Waals surface area contributed by atoms with Crippen LogP contribution < -0.4 is 4.72 Å². The number of imidazole rings is 1. The summed E-state index contributed by atoms with van der Waals surface area (Å²) in [6.45, 7) is 0.230. The number of hydrogen-bond acceptors (Lipinski definition) is 3. The molecule has 5 nitrogen and oxygen atoms in total. The third-order valence-electron chi connectivity index (χ3n) is 6.82. The molecular formula is C33H30ClN3O2S. The predicted molar refractivity (Wildman–Crippen MR) is 163 cm³/mol. The fourth-order valence-electron chi connectivity index (χ4n) is 4.89. The van der Waals surface area contributed by atoms with Gasteiger partial charge in [-0.1, -0.05) is 121 Å². The van der Waals surface area contributed by atoms with Gasteiger partial charge in [-0.25, -0.2) is 18.1 Å². The molecule has 1 N–H and O–H groups in total. The molecule has 7 heteroatoms. The van der Waals surface area contributed by atoms with Gasteiger partial charge in [0, 0.05) is 17.8 Å². The summed E-state index contributed by atoms with van der Waals surface area (Å²) in [6, 6.07) is 38.3. The molecule has 202 valence electrons. The first-order valence-electron chi connectivity index (χ1n) is 13.1. The zero-order valence-electron chi connectivity index (χ0n) is 21.9. The van der Waals surface area contributed by atoms with Gasteiger partial charge in [-0.2, -0.15) is 0 Å². The molecule has 0 fully saturated rings. The summed E-state index contributed by atoms with van der Waals surface area (Å²) in [4.78, 5) is 4.68. The zero-order chi connectivity index (χ0) is 27.8. The van der Waals surface area contributed by atoms with Gasteiger partial charge in [-0.3, -0.25) is 0 Å². The Morgan fingerprint density at radius 1 is 0.775 bits per heavy atom. The number of nitrogens with one attached hydrogen (secondary N) is 1. The number of allylic oxidation sites excluding steroid dienone is 1. The lowest BCUT2D eigenvalue weighted by atomic mass is 9.77. The van der Waals surface area contributed by atoms with Crippen LogP contribution in [0, 0.1) is 0 Å². The third kappa shape index (κ3) is 6.26. The number of aromatic nitrogens is 2. The van der Waals surface area contributed by atoms with Crippen LogP contribution >= 0.6 is 11.6 Å². The van der Waals surface area contributed by atoms with Crippen molar-refractivity contribution in [2.24, 2.45) is 0 Å². The van der Waals surface area contributed by atoms with E-state index in [1.54, 1.807) is 24.3 Å². The molecule has 0 atom stereocenters. The molecule has 0 unspecified atom stereocenters. The standard InChI is InChI=1S/C33H30ClN3O2S/c34-31-21-19-27(20-22-31)24-36-40(38,39)23-11-10-18-32-25-37(26-35-32)33(28-12-4-1-5-13-28,29-14-6-2-7-15-29)30-16-8-3-9-17-30/h1-10,12-22,25-26,36H,11,23-24H2. The maximum atomic E-state index is 12.5. The molecule has 5 aromatic rings. The van der Waals surface area contributed by atoms with Crippen LogP contribution in [0.2, 0.25) is 5.02 Å². The van der Waals surface area contributed by atoms with Crippen molar-refractivity contribution < 1.29 is 8.42 Å². The summed E-state index contributed by atoms with van der Waals surface area (Å²) < 4.78 is 29.8. The van der Waals surface area contributed by atoms with Gasteiger partial charge in [-0.05, 0) is 46.9 Å². The van der Waals surface area contributed by atoms with Gasteiger partial charge in [0.1, 0.15) is 5.54 Å². The van der Waals surface area contributed by atoms with Crippen LogP contribution in [0.5, 0.6) is 0 Å². The smallest absolute Gasteiger partial charge is 0.212 e. The van der Waals surface area contributed by atoms with Crippen molar-refractivity contribution in [2.45, 2.75) is 18.5 Å². The summed E-state index contributed by atoms with van der Waals surface area (Å²) in [7, 11) is -3.43. The van der Waals surface area contributed by atoms with Crippen LogP contribution in [0.3, 0.4) is 0 Å². The fraction of sp³-hybridized carbons (Fsp3) is 0.121. The topological polar surface area (TPSA) is 64.0 Å². The second-order valence-corrected chi connectivity index (χ2v) is 11.8. The van der Waals surface area contributed by atoms with E-state index in [4.69, 9.17) is 11.6 Å². The molecule has 0 spiro atoms. The predicted octanol–water partition coefficient (Wildman–Crippen LogP) is 6.90. The molecule has 0 saturated heterocycles. The molecule has 4 aromatic carbocycles. The van der Waals surface area contributed by atoms with Crippen molar-refractivity contribution in [3.8, 4) is 0 Å². The van der Waals surface area contributed by atoms with Crippen LogP contribution in [0.15, 0.2) is 134 Å². The summed E-state index contributed by atoms with van der Waals surface area (Å²) in [5.41, 5.74) is 4.29. The summed E-state index contributed by atoms with van der Waals surface area (Å²) in [5.74, 6) is -0.0141. The van der Waals surface area contributed by atoms with Gasteiger partial charge in [-0.15, -0.1) is 0 Å². The van der Waals surface area contributed by atoms with Crippen LogP contribution in [-0.4, -0.2) is 23.7 Å². The van der Waals surface area contributed by atoms with Crippen LogP contribution in [0.4, 0.5) is 0 Å². The zero-order valence-corrected chi connectivity index (χ0v) is 23.5. The minimum atomic E-state index is -3.43. The van der Waals surface area contributed by atoms with Crippen molar-refractivity contribution in [3.05, 3.63) is 167 Å². The Kier molecular flexibility index (Phi) is 8.60. The van der Waals surface area contributed by atoms with Crippen molar-refractivity contribution in [1.82, 2.24) is 14.3 Å². The molecule has 0 amide bonds. The van der Waals surface area contributed by atoms with Gasteiger partial charge >= 0.3 is 0 Å². The first kappa shape index (κ1) is 27.6. The second-order valence-electron chi connectivity index (χ2n) is 9.47. The van der Waals surface area contributed by atoms with E-state index < -0.39 is 15.6 Å². The van der Waals surface area contributed by atoms with Crippen molar-refractivity contribution in [1.29, 1.82) is 0 Å². The van der Waals surface area contributed by atoms with E-state index in [9.17, 15) is 8.42 Å². The van der Waals surface area contributed by atoms with Crippen molar-refractivity contribution in [3.63, 3.8) is 0 Å². The quantitative estimate of drug-likeness (QED) is 0.177. The first-order chi connectivity index (χ1) is 19.5. The molecule has 0 saturated carbocycles. The Bertz CT molecular complexity index is 1550. The van der Waals surface area contributed by atoms with Crippen LogP contribution in [-0.2, 0) is 22.1 Å². The molecule has 0 radical (unpaired) electrons. The van der Waals surface area contributed by atoms with Crippen molar-refractivity contribution >= 4 is 27.7 Å². The van der Waals surface area contributed by atoms with Gasteiger partial charge < -0.3 is 4.57 Å². The highest BCUT2D eigenvalue weighted by atomic mass is 35.5. The lowest BCUT2D eigenvalue weighted by Crippen LogP contribution is -2.36. The maximum Gasteiger partial charge on any atom is 0.212 e. The average Bonchev–Trinajstić information content (AvgIpc) is 3.46. The van der Waals surface area contributed by atoms with E-state index in [-0.39, 0.29) is 12.3 Å². The maximum absolute atomic E-state index is 12.5. The van der Waals surface area contributed by atoms with Gasteiger partial charge in [0.2, 0.25) is 10.0 Å². The molecule has 1 aromatic heterocycles. The largest absolute Gasteiger partial charge is 0.318 e. The lowest BCUT2D eigenvalue weighted by molar-refractivity contribution is 0.514. The second kappa shape index (κ2) is 12.5. The van der Waals surface area contributed by atoms with E-state index in [2.05, 4.69) is 87.1 Å². The Morgan fingerprint density at radius 3 is 1.82 bits per heavy atom. The minimum absolute atomic E-state index is 0.0141. The Balaban J connectivity index is 1.38. The molecule has 1 heterocycles. The summed E-state index contributed by atoms with van der Waals surface area (Å²) >= 11 is 5.90. The average molecular weight is 568 g/mol. The van der Waals surface area contributed by atoms with E-state index >= 15 is 0 Å². The number of nitrogens with zero attached hydrogens (tertiary/aromatic N) is 2. The molecule has 0 bridgehead atoms. The SMILES string of the molecule is O=S(=O)(CCC=Cc1cn(C(c2ccccc2)(c2ccccc2)c2ccccc2)cn1)NCc1ccc(Cl)cc1. The van der Waals surface area contributed by atoms with E-state index in [0.717, 1.165) is 27.9 Å². The summed E-state index contributed by atoms with van der Waals surface area (Å²) in [6.07, 6.45) is 7.94. The van der Waals surface area contributed by atoms with Crippen molar-refractivity contribution in [2.75, 3.05) is 5.75 Å². The Morgan fingerprint density at radius 2 is 1.30 bits per heavy atom. The van der Waals surface area contributed by atoms with E-state index in [1.807, 2.05) is 42.9 Å².